The summed E-state index contributed by atoms with van der Waals surface area (Å²) >= 11 is 0. The van der Waals surface area contributed by atoms with E-state index in [-0.39, 0.29) is 0 Å². The fourth-order valence-corrected chi connectivity index (χ4v) is 2.98. The van der Waals surface area contributed by atoms with Gasteiger partial charge in [0.2, 0.25) is 0 Å². The van der Waals surface area contributed by atoms with E-state index in [0.29, 0.717) is 0 Å². The van der Waals surface area contributed by atoms with Crippen molar-refractivity contribution in [3.63, 3.8) is 0 Å². The average molecular weight is 260 g/mol. The molecule has 0 N–H and O–H groups in total. The first kappa shape index (κ1) is 14.4. The lowest BCUT2D eigenvalue weighted by molar-refractivity contribution is 0.313. The number of nitrogens with zero attached hydrogens (tertiary/aromatic N) is 2. The van der Waals surface area contributed by atoms with Gasteiger partial charge in [-0.2, -0.15) is 0 Å². The number of benzene rings is 1. The van der Waals surface area contributed by atoms with Crippen molar-refractivity contribution in [1.82, 2.24) is 4.90 Å². The Labute approximate surface area is 118 Å². The molecule has 0 radical (unpaired) electrons. The molecule has 0 saturated carbocycles. The van der Waals surface area contributed by atoms with Crippen LogP contribution in [0.1, 0.15) is 44.6 Å². The zero-order valence-corrected chi connectivity index (χ0v) is 12.7. The van der Waals surface area contributed by atoms with E-state index in [1.807, 2.05) is 0 Å². The molecule has 106 valence electrons. The van der Waals surface area contributed by atoms with Crippen LogP contribution in [-0.2, 0) is 0 Å². The maximum atomic E-state index is 2.50. The number of rotatable bonds is 5. The van der Waals surface area contributed by atoms with Gasteiger partial charge in [-0.05, 0) is 43.5 Å². The van der Waals surface area contributed by atoms with E-state index in [1.165, 1.54) is 43.6 Å². The van der Waals surface area contributed by atoms with Crippen LogP contribution in [0.3, 0.4) is 0 Å². The van der Waals surface area contributed by atoms with Gasteiger partial charge in [0.25, 0.3) is 0 Å². The lowest BCUT2D eigenvalue weighted by Crippen LogP contribution is -2.44. The summed E-state index contributed by atoms with van der Waals surface area (Å²) in [5.74, 6) is 0.742. The highest BCUT2D eigenvalue weighted by atomic mass is 15.2. The van der Waals surface area contributed by atoms with Crippen LogP contribution in [0.15, 0.2) is 24.3 Å². The number of piperazine rings is 1. The van der Waals surface area contributed by atoms with Crippen molar-refractivity contribution >= 4 is 5.69 Å². The topological polar surface area (TPSA) is 6.48 Å². The van der Waals surface area contributed by atoms with Gasteiger partial charge in [0.1, 0.15) is 0 Å². The van der Waals surface area contributed by atoms with E-state index in [1.54, 1.807) is 0 Å². The van der Waals surface area contributed by atoms with Crippen LogP contribution in [0.2, 0.25) is 0 Å². The summed E-state index contributed by atoms with van der Waals surface area (Å²) in [4.78, 5) is 4.91. The maximum Gasteiger partial charge on any atom is 0.0367 e. The fourth-order valence-electron chi connectivity index (χ4n) is 2.98. The monoisotopic (exact) mass is 260 g/mol. The Hall–Kier alpha value is -1.02. The second-order valence-corrected chi connectivity index (χ2v) is 5.78. The Morgan fingerprint density at radius 2 is 1.63 bits per heavy atom. The van der Waals surface area contributed by atoms with E-state index < -0.39 is 0 Å². The van der Waals surface area contributed by atoms with E-state index >= 15 is 0 Å². The van der Waals surface area contributed by atoms with Crippen LogP contribution in [0.4, 0.5) is 5.69 Å². The first-order valence-electron chi connectivity index (χ1n) is 7.78. The van der Waals surface area contributed by atoms with Crippen molar-refractivity contribution in [3.05, 3.63) is 29.8 Å². The predicted molar refractivity (Wildman–Crippen MR) is 84.1 cm³/mol. The Bertz CT molecular complexity index is 363. The molecule has 19 heavy (non-hydrogen) atoms. The number of anilines is 1. The van der Waals surface area contributed by atoms with Gasteiger partial charge >= 0.3 is 0 Å². The molecule has 1 aliphatic heterocycles. The molecule has 1 unspecified atom stereocenters. The Balaban J connectivity index is 2.01. The van der Waals surface area contributed by atoms with E-state index in [4.69, 9.17) is 0 Å². The maximum absolute atomic E-state index is 2.50. The lowest BCUT2D eigenvalue weighted by Gasteiger charge is -2.34. The zero-order valence-electron chi connectivity index (χ0n) is 12.7. The number of likely N-dealkylation sites (N-methyl/N-ethyl adjacent to an activating group) is 1. The van der Waals surface area contributed by atoms with E-state index in [0.717, 1.165) is 19.0 Å². The van der Waals surface area contributed by atoms with Crippen LogP contribution >= 0.6 is 0 Å². The molecule has 1 aromatic rings. The number of hydrogen-bond donors (Lipinski definition) is 0. The minimum Gasteiger partial charge on any atom is -0.369 e. The first-order valence-corrected chi connectivity index (χ1v) is 7.78. The normalized spacial score (nSPS) is 18.6. The molecule has 1 fully saturated rings. The molecule has 2 heteroatoms. The summed E-state index contributed by atoms with van der Waals surface area (Å²) in [5.41, 5.74) is 2.91. The fraction of sp³-hybridized carbons (Fsp3) is 0.647. The second kappa shape index (κ2) is 6.95. The molecule has 2 nitrogen and oxygen atoms in total. The smallest absolute Gasteiger partial charge is 0.0367 e. The van der Waals surface area contributed by atoms with E-state index in [2.05, 4.69) is 55.0 Å². The zero-order chi connectivity index (χ0) is 13.7. The van der Waals surface area contributed by atoms with Gasteiger partial charge in [0.15, 0.2) is 0 Å². The van der Waals surface area contributed by atoms with Crippen LogP contribution in [0.25, 0.3) is 0 Å². The standard InChI is InChI=1S/C17H28N2/c1-4-6-15(5-2)16-7-9-17(10-8-16)19-13-11-18(3)12-14-19/h7-10,15H,4-6,11-14H2,1-3H3. The molecule has 0 bridgehead atoms. The van der Waals surface area contributed by atoms with Crippen LogP contribution in [0.5, 0.6) is 0 Å². The summed E-state index contributed by atoms with van der Waals surface area (Å²) in [6, 6.07) is 9.33. The van der Waals surface area contributed by atoms with Crippen molar-refractivity contribution in [2.24, 2.45) is 0 Å². The number of hydrogen-bond acceptors (Lipinski definition) is 2. The van der Waals surface area contributed by atoms with Crippen LogP contribution < -0.4 is 4.90 Å². The Morgan fingerprint density at radius 3 is 2.16 bits per heavy atom. The molecule has 1 atom stereocenters. The lowest BCUT2D eigenvalue weighted by atomic mass is 9.92. The van der Waals surface area contributed by atoms with Crippen molar-refractivity contribution < 1.29 is 0 Å². The summed E-state index contributed by atoms with van der Waals surface area (Å²) < 4.78 is 0. The minimum absolute atomic E-state index is 0.742. The van der Waals surface area contributed by atoms with Crippen molar-refractivity contribution in [3.8, 4) is 0 Å². The Morgan fingerprint density at radius 1 is 1.00 bits per heavy atom. The summed E-state index contributed by atoms with van der Waals surface area (Å²) in [5, 5.41) is 0. The molecule has 1 aromatic carbocycles. The van der Waals surface area contributed by atoms with Crippen molar-refractivity contribution in [2.75, 3.05) is 38.1 Å². The molecule has 0 aliphatic carbocycles. The molecule has 0 aromatic heterocycles. The van der Waals surface area contributed by atoms with Crippen LogP contribution in [0, 0.1) is 0 Å². The third kappa shape index (κ3) is 3.73. The van der Waals surface area contributed by atoms with Gasteiger partial charge in [-0.15, -0.1) is 0 Å². The SMILES string of the molecule is CCCC(CC)c1ccc(N2CCN(C)CC2)cc1. The van der Waals surface area contributed by atoms with Gasteiger partial charge in [0.05, 0.1) is 0 Å². The van der Waals surface area contributed by atoms with Gasteiger partial charge < -0.3 is 9.80 Å². The third-order valence-electron chi connectivity index (χ3n) is 4.36. The highest BCUT2D eigenvalue weighted by Crippen LogP contribution is 2.27. The predicted octanol–water partition coefficient (Wildman–Crippen LogP) is 3.73. The van der Waals surface area contributed by atoms with Gasteiger partial charge in [-0.25, -0.2) is 0 Å². The largest absolute Gasteiger partial charge is 0.369 e. The van der Waals surface area contributed by atoms with Crippen molar-refractivity contribution in [2.45, 2.75) is 39.0 Å². The highest BCUT2D eigenvalue weighted by Gasteiger charge is 2.14. The second-order valence-electron chi connectivity index (χ2n) is 5.78. The quantitative estimate of drug-likeness (QED) is 0.796. The van der Waals surface area contributed by atoms with Crippen LogP contribution in [-0.4, -0.2) is 38.1 Å². The van der Waals surface area contributed by atoms with Gasteiger partial charge in [0, 0.05) is 31.9 Å². The average Bonchev–Trinajstić information content (AvgIpc) is 2.46. The molecule has 1 saturated heterocycles. The third-order valence-corrected chi connectivity index (χ3v) is 4.36. The molecular weight excluding hydrogens is 232 g/mol. The van der Waals surface area contributed by atoms with E-state index in [9.17, 15) is 0 Å². The molecule has 2 rings (SSSR count). The molecule has 1 heterocycles. The summed E-state index contributed by atoms with van der Waals surface area (Å²) in [6.07, 6.45) is 3.84. The molecule has 1 aliphatic rings. The molecule has 0 amide bonds. The van der Waals surface area contributed by atoms with Crippen molar-refractivity contribution in [1.29, 1.82) is 0 Å². The van der Waals surface area contributed by atoms with Gasteiger partial charge in [-0.1, -0.05) is 32.4 Å². The highest BCUT2D eigenvalue weighted by molar-refractivity contribution is 5.48. The summed E-state index contributed by atoms with van der Waals surface area (Å²) in [7, 11) is 2.21. The minimum atomic E-state index is 0.742. The molecular formula is C17H28N2. The summed E-state index contributed by atoms with van der Waals surface area (Å²) in [6.45, 7) is 9.24. The molecule has 0 spiro atoms. The Kier molecular flexibility index (Phi) is 5.26. The van der Waals surface area contributed by atoms with Gasteiger partial charge in [-0.3, -0.25) is 0 Å². The first-order chi connectivity index (χ1) is 9.24.